The lowest BCUT2D eigenvalue weighted by molar-refractivity contribution is -0.167. The van der Waals surface area contributed by atoms with Crippen LogP contribution in [0.3, 0.4) is 0 Å². The third kappa shape index (κ3) is 53.2. The van der Waals surface area contributed by atoms with Crippen molar-refractivity contribution < 1.29 is 28.6 Å². The van der Waals surface area contributed by atoms with Gasteiger partial charge < -0.3 is 14.2 Å². The van der Waals surface area contributed by atoms with E-state index in [-0.39, 0.29) is 37.5 Å². The predicted octanol–water partition coefficient (Wildman–Crippen LogP) is 18.5. The fourth-order valence-corrected chi connectivity index (χ4v) is 7.46. The maximum Gasteiger partial charge on any atom is 0.306 e. The SMILES string of the molecule is CC\C=C/C=C\C=C/C=C\CCCCCC(=O)OCC(COC(=O)CCCCCCCCC/C=C\CCCCCCCCCC)OC(=O)CCC/C=C\C/C=C\C/C=C\CCCCCCCC. The summed E-state index contributed by atoms with van der Waals surface area (Å²) in [5.74, 6) is -1.01. The molecule has 67 heavy (non-hydrogen) atoms. The van der Waals surface area contributed by atoms with Gasteiger partial charge in [0.15, 0.2) is 6.10 Å². The van der Waals surface area contributed by atoms with E-state index in [1.165, 1.54) is 135 Å². The molecular formula is C61H102O6. The third-order valence-corrected chi connectivity index (χ3v) is 11.6. The molecule has 1 unspecified atom stereocenters. The van der Waals surface area contributed by atoms with Gasteiger partial charge in [-0.2, -0.15) is 0 Å². The molecule has 0 saturated heterocycles. The van der Waals surface area contributed by atoms with Crippen LogP contribution in [0.25, 0.3) is 0 Å². The molecule has 0 heterocycles. The molecule has 382 valence electrons. The third-order valence-electron chi connectivity index (χ3n) is 11.6. The molecule has 0 radical (unpaired) electrons. The minimum atomic E-state index is -0.823. The van der Waals surface area contributed by atoms with Crippen molar-refractivity contribution in [2.24, 2.45) is 0 Å². The average Bonchev–Trinajstić information content (AvgIpc) is 3.33. The monoisotopic (exact) mass is 931 g/mol. The van der Waals surface area contributed by atoms with E-state index in [1.807, 2.05) is 36.5 Å². The summed E-state index contributed by atoms with van der Waals surface area (Å²) in [5.41, 5.74) is 0. The summed E-state index contributed by atoms with van der Waals surface area (Å²) in [6.07, 6.45) is 72.6. The van der Waals surface area contributed by atoms with Crippen LogP contribution in [0.2, 0.25) is 0 Å². The Bertz CT molecular complexity index is 1350. The number of hydrogen-bond donors (Lipinski definition) is 0. The smallest absolute Gasteiger partial charge is 0.306 e. The number of ether oxygens (including phenoxy) is 3. The Morgan fingerprint density at radius 1 is 0.328 bits per heavy atom. The molecule has 0 rings (SSSR count). The molecule has 0 fully saturated rings. The van der Waals surface area contributed by atoms with Crippen molar-refractivity contribution >= 4 is 17.9 Å². The van der Waals surface area contributed by atoms with Crippen molar-refractivity contribution in [3.63, 3.8) is 0 Å². The number of allylic oxidation sites excluding steroid dienone is 16. The number of carbonyl (C=O) groups excluding carboxylic acids is 3. The summed E-state index contributed by atoms with van der Waals surface area (Å²) in [5, 5.41) is 0. The van der Waals surface area contributed by atoms with Crippen molar-refractivity contribution in [3.8, 4) is 0 Å². The van der Waals surface area contributed by atoms with Crippen LogP contribution < -0.4 is 0 Å². The number of rotatable bonds is 49. The zero-order valence-electron chi connectivity index (χ0n) is 43.6. The van der Waals surface area contributed by atoms with Gasteiger partial charge in [-0.05, 0) is 96.3 Å². The fraction of sp³-hybridized carbons (Fsp3) is 0.689. The van der Waals surface area contributed by atoms with Crippen LogP contribution in [-0.2, 0) is 28.6 Å². The number of unbranched alkanes of at least 4 members (excludes halogenated alkanes) is 25. The summed E-state index contributed by atoms with van der Waals surface area (Å²) in [6.45, 7) is 6.41. The van der Waals surface area contributed by atoms with E-state index < -0.39 is 6.10 Å². The van der Waals surface area contributed by atoms with E-state index in [2.05, 4.69) is 81.5 Å². The molecule has 0 aromatic heterocycles. The van der Waals surface area contributed by atoms with Crippen LogP contribution in [0.1, 0.15) is 252 Å². The van der Waals surface area contributed by atoms with E-state index in [0.717, 1.165) is 70.6 Å². The molecular weight excluding hydrogens is 829 g/mol. The van der Waals surface area contributed by atoms with Gasteiger partial charge in [0.1, 0.15) is 13.2 Å². The molecule has 6 heteroatoms. The molecule has 0 spiro atoms. The van der Waals surface area contributed by atoms with Gasteiger partial charge in [0.25, 0.3) is 0 Å². The Kier molecular flexibility index (Phi) is 51.9. The first kappa shape index (κ1) is 63.3. The van der Waals surface area contributed by atoms with Crippen LogP contribution in [0.5, 0.6) is 0 Å². The molecule has 0 saturated carbocycles. The lowest BCUT2D eigenvalue weighted by Gasteiger charge is -2.18. The molecule has 0 aliphatic carbocycles. The summed E-state index contributed by atoms with van der Waals surface area (Å²) in [4.78, 5) is 38.0. The Morgan fingerprint density at radius 3 is 1.12 bits per heavy atom. The second-order valence-electron chi connectivity index (χ2n) is 18.2. The van der Waals surface area contributed by atoms with Crippen molar-refractivity contribution in [2.45, 2.75) is 258 Å². The molecule has 0 aromatic carbocycles. The zero-order chi connectivity index (χ0) is 48.6. The summed E-state index contributed by atoms with van der Waals surface area (Å²) < 4.78 is 16.7. The molecule has 0 aromatic rings. The topological polar surface area (TPSA) is 78.9 Å². The molecule has 1 atom stereocenters. The van der Waals surface area contributed by atoms with E-state index in [0.29, 0.717) is 19.3 Å². The molecule has 0 bridgehead atoms. The van der Waals surface area contributed by atoms with Crippen molar-refractivity contribution in [2.75, 3.05) is 13.2 Å². The molecule has 0 N–H and O–H groups in total. The average molecular weight is 931 g/mol. The van der Waals surface area contributed by atoms with Gasteiger partial charge in [-0.3, -0.25) is 14.4 Å². The summed E-state index contributed by atoms with van der Waals surface area (Å²) in [7, 11) is 0. The van der Waals surface area contributed by atoms with Gasteiger partial charge in [0.2, 0.25) is 0 Å². The quantitative estimate of drug-likeness (QED) is 0.0199. The zero-order valence-corrected chi connectivity index (χ0v) is 43.6. The first-order chi connectivity index (χ1) is 33.0. The van der Waals surface area contributed by atoms with E-state index >= 15 is 0 Å². The molecule has 0 amide bonds. The Balaban J connectivity index is 4.49. The maximum absolute atomic E-state index is 12.8. The van der Waals surface area contributed by atoms with Crippen LogP contribution in [0.4, 0.5) is 0 Å². The van der Waals surface area contributed by atoms with Gasteiger partial charge in [-0.1, -0.05) is 234 Å². The highest BCUT2D eigenvalue weighted by atomic mass is 16.6. The predicted molar refractivity (Wildman–Crippen MR) is 288 cm³/mol. The van der Waals surface area contributed by atoms with Crippen molar-refractivity contribution in [1.29, 1.82) is 0 Å². The molecule has 0 aliphatic heterocycles. The van der Waals surface area contributed by atoms with Gasteiger partial charge in [0.05, 0.1) is 0 Å². The van der Waals surface area contributed by atoms with Crippen LogP contribution in [0, 0.1) is 0 Å². The minimum Gasteiger partial charge on any atom is -0.462 e. The fourth-order valence-electron chi connectivity index (χ4n) is 7.46. The van der Waals surface area contributed by atoms with Crippen LogP contribution >= 0.6 is 0 Å². The largest absolute Gasteiger partial charge is 0.462 e. The molecule has 0 aliphatic rings. The van der Waals surface area contributed by atoms with Crippen molar-refractivity contribution in [1.82, 2.24) is 0 Å². The van der Waals surface area contributed by atoms with Gasteiger partial charge in [0, 0.05) is 19.3 Å². The second-order valence-corrected chi connectivity index (χ2v) is 18.2. The minimum absolute atomic E-state index is 0.113. The normalized spacial score (nSPS) is 12.8. The number of hydrogen-bond acceptors (Lipinski definition) is 6. The maximum atomic E-state index is 12.8. The first-order valence-electron chi connectivity index (χ1n) is 27.8. The van der Waals surface area contributed by atoms with Crippen LogP contribution in [-0.4, -0.2) is 37.2 Å². The standard InChI is InChI=1S/C61H102O6/c1-4-7-10-13-16-19-22-25-27-29-30-32-33-36-39-42-45-48-51-54-60(63)66-57-58(56-65-59(62)53-50-47-44-41-38-35-24-21-18-15-12-9-6-3)67-61(64)55-52-49-46-43-40-37-34-31-28-26-23-20-17-14-11-8-5-2/h9,12,15,18,21,24,26,28-30,34-35,37-38,43,46,58H,4-8,10-11,13-14,16-17,19-20,22-23,25,27,31-33,36,39-42,44-45,47-57H2,1-3H3/b12-9-,18-15-,24-21-,28-26-,30-29-,37-34-,38-35-,46-43-. The lowest BCUT2D eigenvalue weighted by Crippen LogP contribution is -2.30. The van der Waals surface area contributed by atoms with Gasteiger partial charge in [-0.15, -0.1) is 0 Å². The highest BCUT2D eigenvalue weighted by Crippen LogP contribution is 2.14. The van der Waals surface area contributed by atoms with E-state index in [4.69, 9.17) is 14.2 Å². The summed E-state index contributed by atoms with van der Waals surface area (Å²) in [6, 6.07) is 0. The van der Waals surface area contributed by atoms with Gasteiger partial charge in [-0.25, -0.2) is 0 Å². The van der Waals surface area contributed by atoms with Crippen LogP contribution in [0.15, 0.2) is 97.2 Å². The first-order valence-corrected chi connectivity index (χ1v) is 27.8. The highest BCUT2D eigenvalue weighted by molar-refractivity contribution is 5.71. The molecule has 6 nitrogen and oxygen atoms in total. The lowest BCUT2D eigenvalue weighted by atomic mass is 10.1. The Labute approximate surface area is 413 Å². The van der Waals surface area contributed by atoms with Crippen molar-refractivity contribution in [3.05, 3.63) is 97.2 Å². The van der Waals surface area contributed by atoms with E-state index in [9.17, 15) is 14.4 Å². The highest BCUT2D eigenvalue weighted by Gasteiger charge is 2.19. The van der Waals surface area contributed by atoms with Gasteiger partial charge >= 0.3 is 17.9 Å². The number of carbonyl (C=O) groups is 3. The number of esters is 3. The van der Waals surface area contributed by atoms with E-state index in [1.54, 1.807) is 0 Å². The Morgan fingerprint density at radius 2 is 0.657 bits per heavy atom. The summed E-state index contributed by atoms with van der Waals surface area (Å²) >= 11 is 0. The second kappa shape index (κ2) is 54.9. The Hall–Kier alpha value is -3.67.